The van der Waals surface area contributed by atoms with E-state index in [9.17, 15) is 9.90 Å². The highest BCUT2D eigenvalue weighted by Gasteiger charge is 2.09. The Morgan fingerprint density at radius 1 is 1.53 bits per heavy atom. The molecule has 5 nitrogen and oxygen atoms in total. The van der Waals surface area contributed by atoms with Gasteiger partial charge in [-0.05, 0) is 26.1 Å². The third kappa shape index (κ3) is 3.55. The molecule has 15 heavy (non-hydrogen) atoms. The summed E-state index contributed by atoms with van der Waals surface area (Å²) in [6.45, 7) is 2.06. The largest absolute Gasteiger partial charge is 0.506 e. The number of aromatic nitrogens is 1. The van der Waals surface area contributed by atoms with Crippen LogP contribution in [0.2, 0.25) is 0 Å². The number of carbonyl (C=O) groups is 1. The number of carboxylic acid groups (broad SMARTS) is 1. The van der Waals surface area contributed by atoms with Crippen LogP contribution in [0.4, 0.5) is 0 Å². The highest BCUT2D eigenvalue weighted by Crippen LogP contribution is 2.15. The molecule has 0 fully saturated rings. The molecule has 1 rings (SSSR count). The Balaban J connectivity index is 2.71. The molecule has 1 aromatic heterocycles. The smallest absolute Gasteiger partial charge is 0.317 e. The van der Waals surface area contributed by atoms with E-state index in [1.54, 1.807) is 24.1 Å². The average molecular weight is 210 g/mol. The number of nitrogens with zero attached hydrogens (tertiary/aromatic N) is 2. The van der Waals surface area contributed by atoms with Crippen molar-refractivity contribution in [3.8, 4) is 5.75 Å². The van der Waals surface area contributed by atoms with E-state index in [1.807, 2.05) is 6.92 Å². The molecule has 0 radical (unpaired) electrons. The van der Waals surface area contributed by atoms with Gasteiger partial charge in [0.2, 0.25) is 0 Å². The van der Waals surface area contributed by atoms with E-state index < -0.39 is 5.97 Å². The first-order chi connectivity index (χ1) is 6.99. The summed E-state index contributed by atoms with van der Waals surface area (Å²) in [5.41, 5.74) is 1.30. The summed E-state index contributed by atoms with van der Waals surface area (Å²) in [5, 5.41) is 18.0. The molecule has 2 N–H and O–H groups in total. The first kappa shape index (κ1) is 11.5. The lowest BCUT2D eigenvalue weighted by Crippen LogP contribution is -2.25. The average Bonchev–Trinajstić information content (AvgIpc) is 2.10. The van der Waals surface area contributed by atoms with Crippen LogP contribution in [-0.2, 0) is 11.3 Å². The number of carboxylic acids is 1. The van der Waals surface area contributed by atoms with E-state index in [-0.39, 0.29) is 12.3 Å². The quantitative estimate of drug-likeness (QED) is 0.761. The summed E-state index contributed by atoms with van der Waals surface area (Å²) >= 11 is 0. The van der Waals surface area contributed by atoms with Crippen molar-refractivity contribution in [3.63, 3.8) is 0 Å². The number of hydrogen-bond donors (Lipinski definition) is 2. The van der Waals surface area contributed by atoms with Crippen molar-refractivity contribution in [2.45, 2.75) is 13.5 Å². The Hall–Kier alpha value is -1.62. The molecule has 5 heteroatoms. The molecule has 0 aliphatic carbocycles. The summed E-state index contributed by atoms with van der Waals surface area (Å²) in [5.74, 6) is -0.803. The summed E-state index contributed by atoms with van der Waals surface area (Å²) in [4.78, 5) is 16.1. The maximum atomic E-state index is 10.4. The first-order valence-corrected chi connectivity index (χ1v) is 4.55. The Bertz CT molecular complexity index is 366. The van der Waals surface area contributed by atoms with Crippen LogP contribution >= 0.6 is 0 Å². The van der Waals surface area contributed by atoms with Gasteiger partial charge in [0.05, 0.1) is 12.2 Å². The van der Waals surface area contributed by atoms with Crippen molar-refractivity contribution < 1.29 is 15.0 Å². The molecule has 0 aliphatic heterocycles. The minimum Gasteiger partial charge on any atom is -0.506 e. The van der Waals surface area contributed by atoms with E-state index in [2.05, 4.69) is 4.98 Å². The molecule has 0 aromatic carbocycles. The Morgan fingerprint density at radius 3 is 2.80 bits per heavy atom. The van der Waals surface area contributed by atoms with Crippen LogP contribution in [0, 0.1) is 6.92 Å². The van der Waals surface area contributed by atoms with Gasteiger partial charge in [0, 0.05) is 12.2 Å². The fourth-order valence-electron chi connectivity index (χ4n) is 1.26. The summed E-state index contributed by atoms with van der Waals surface area (Å²) in [6.07, 6.45) is 0. The minimum atomic E-state index is -0.898. The molecule has 0 unspecified atom stereocenters. The van der Waals surface area contributed by atoms with Crippen molar-refractivity contribution in [2.24, 2.45) is 0 Å². The second-order valence-electron chi connectivity index (χ2n) is 3.48. The molecule has 1 aromatic rings. The van der Waals surface area contributed by atoms with Gasteiger partial charge < -0.3 is 10.2 Å². The second kappa shape index (κ2) is 4.75. The molecule has 0 amide bonds. The Labute approximate surface area is 88.0 Å². The van der Waals surface area contributed by atoms with Gasteiger partial charge in [-0.15, -0.1) is 0 Å². The van der Waals surface area contributed by atoms with Crippen LogP contribution in [0.1, 0.15) is 11.4 Å². The number of rotatable bonds is 4. The van der Waals surface area contributed by atoms with Gasteiger partial charge >= 0.3 is 5.97 Å². The maximum absolute atomic E-state index is 10.4. The maximum Gasteiger partial charge on any atom is 0.317 e. The number of hydrogen-bond acceptors (Lipinski definition) is 4. The van der Waals surface area contributed by atoms with Crippen LogP contribution in [-0.4, -0.2) is 39.7 Å². The predicted octanol–water partition coefficient (Wildman–Crippen LogP) is 0.612. The van der Waals surface area contributed by atoms with Gasteiger partial charge in [-0.2, -0.15) is 0 Å². The van der Waals surface area contributed by atoms with Crippen LogP contribution in [0.15, 0.2) is 12.1 Å². The molecule has 0 saturated carbocycles. The van der Waals surface area contributed by atoms with Gasteiger partial charge in [-0.25, -0.2) is 0 Å². The first-order valence-electron chi connectivity index (χ1n) is 4.55. The van der Waals surface area contributed by atoms with Crippen LogP contribution in [0.3, 0.4) is 0 Å². The van der Waals surface area contributed by atoms with Crippen molar-refractivity contribution >= 4 is 5.97 Å². The zero-order valence-corrected chi connectivity index (χ0v) is 8.77. The lowest BCUT2D eigenvalue weighted by molar-refractivity contribution is -0.138. The van der Waals surface area contributed by atoms with Crippen LogP contribution in [0.25, 0.3) is 0 Å². The molecule has 0 bridgehead atoms. The van der Waals surface area contributed by atoms with Crippen molar-refractivity contribution in [3.05, 3.63) is 23.5 Å². The van der Waals surface area contributed by atoms with Gasteiger partial charge in [-0.3, -0.25) is 14.7 Å². The van der Waals surface area contributed by atoms with Gasteiger partial charge in [0.15, 0.2) is 0 Å². The zero-order chi connectivity index (χ0) is 11.4. The van der Waals surface area contributed by atoms with E-state index in [4.69, 9.17) is 5.11 Å². The van der Waals surface area contributed by atoms with Crippen molar-refractivity contribution in [2.75, 3.05) is 13.6 Å². The number of aryl methyl sites for hydroxylation is 1. The monoisotopic (exact) mass is 210 g/mol. The fraction of sp³-hybridized carbons (Fsp3) is 0.400. The minimum absolute atomic E-state index is 0.0743. The summed E-state index contributed by atoms with van der Waals surface area (Å²) < 4.78 is 0. The van der Waals surface area contributed by atoms with E-state index >= 15 is 0 Å². The topological polar surface area (TPSA) is 73.7 Å². The van der Waals surface area contributed by atoms with E-state index in [0.29, 0.717) is 12.2 Å². The molecule has 0 saturated heterocycles. The standard InChI is InChI=1S/C10H14N2O3/c1-7-3-4-9(13)8(11-7)5-12(2)6-10(14)15/h3-4,13H,5-6H2,1-2H3,(H,14,15). The molecule has 0 atom stereocenters. The normalized spacial score (nSPS) is 10.6. The lowest BCUT2D eigenvalue weighted by atomic mass is 10.2. The lowest BCUT2D eigenvalue weighted by Gasteiger charge is -2.14. The van der Waals surface area contributed by atoms with E-state index in [1.165, 1.54) is 0 Å². The van der Waals surface area contributed by atoms with Gasteiger partial charge in [-0.1, -0.05) is 0 Å². The SMILES string of the molecule is Cc1ccc(O)c(CN(C)CC(=O)O)n1. The molecule has 82 valence electrons. The fourth-order valence-corrected chi connectivity index (χ4v) is 1.26. The van der Waals surface area contributed by atoms with Gasteiger partial charge in [0.25, 0.3) is 0 Å². The van der Waals surface area contributed by atoms with Gasteiger partial charge in [0.1, 0.15) is 5.75 Å². The third-order valence-corrected chi connectivity index (χ3v) is 1.91. The molecule has 0 spiro atoms. The molecule has 1 heterocycles. The number of likely N-dealkylation sites (N-methyl/N-ethyl adjacent to an activating group) is 1. The summed E-state index contributed by atoms with van der Waals surface area (Å²) in [6, 6.07) is 3.27. The third-order valence-electron chi connectivity index (χ3n) is 1.91. The number of aromatic hydroxyl groups is 1. The second-order valence-corrected chi connectivity index (χ2v) is 3.48. The van der Waals surface area contributed by atoms with Crippen LogP contribution < -0.4 is 0 Å². The zero-order valence-electron chi connectivity index (χ0n) is 8.77. The Morgan fingerprint density at radius 2 is 2.20 bits per heavy atom. The molecule has 0 aliphatic rings. The van der Waals surface area contributed by atoms with Crippen molar-refractivity contribution in [1.29, 1.82) is 0 Å². The highest BCUT2D eigenvalue weighted by molar-refractivity contribution is 5.69. The number of pyridine rings is 1. The van der Waals surface area contributed by atoms with E-state index in [0.717, 1.165) is 5.69 Å². The predicted molar refractivity (Wildman–Crippen MR) is 54.6 cm³/mol. The van der Waals surface area contributed by atoms with Crippen LogP contribution in [0.5, 0.6) is 5.75 Å². The van der Waals surface area contributed by atoms with Crippen molar-refractivity contribution in [1.82, 2.24) is 9.88 Å². The molecular formula is C10H14N2O3. The highest BCUT2D eigenvalue weighted by atomic mass is 16.4. The number of aliphatic carboxylic acids is 1. The Kier molecular flexibility index (Phi) is 3.62. The summed E-state index contributed by atoms with van der Waals surface area (Å²) in [7, 11) is 1.66. The molecular weight excluding hydrogens is 196 g/mol.